The molecule has 0 spiro atoms. The van der Waals surface area contributed by atoms with E-state index in [9.17, 15) is 43.2 Å². The fraction of sp³-hybridized carbons (Fsp3) is 0.714. The number of quaternary nitrogens is 1. The van der Waals surface area contributed by atoms with Gasteiger partial charge in [-0.25, -0.2) is 16.8 Å². The van der Waals surface area contributed by atoms with E-state index in [0.717, 1.165) is 21.7 Å². The third-order valence-corrected chi connectivity index (χ3v) is 5.95. The maximum Gasteiger partial charge on any atom is 0.480 e. The summed E-state index contributed by atoms with van der Waals surface area (Å²) in [6, 6.07) is 0. The van der Waals surface area contributed by atoms with Crippen molar-refractivity contribution in [1.29, 1.82) is 0 Å². The average Bonchev–Trinajstić information content (AvgIpc) is 2.45. The summed E-state index contributed by atoms with van der Waals surface area (Å²) in [5.41, 5.74) is -12.4. The van der Waals surface area contributed by atoms with Crippen molar-refractivity contribution in [2.75, 3.05) is 26.2 Å². The zero-order chi connectivity index (χ0) is 22.9. The lowest BCUT2D eigenvalue weighted by Gasteiger charge is -2.36. The minimum Gasteiger partial charge on any atom is -0.421 e. The fourth-order valence-corrected chi connectivity index (χ4v) is 3.97. The lowest BCUT2D eigenvalue weighted by molar-refractivity contribution is -0.917. The van der Waals surface area contributed by atoms with Crippen LogP contribution in [0.25, 0.3) is 4.13 Å². The first-order chi connectivity index (χ1) is 12.4. The zero-order valence-corrected chi connectivity index (χ0v) is 17.1. The van der Waals surface area contributed by atoms with Gasteiger partial charge in [0.1, 0.15) is 0 Å². The van der Waals surface area contributed by atoms with Crippen molar-refractivity contribution in [1.82, 2.24) is 0 Å². The van der Waals surface area contributed by atoms with Crippen molar-refractivity contribution in [3.8, 4) is 0 Å². The second-order valence-corrected chi connectivity index (χ2v) is 9.07. The van der Waals surface area contributed by atoms with Gasteiger partial charge in [-0.2, -0.15) is 26.3 Å². The Labute approximate surface area is 161 Å². The van der Waals surface area contributed by atoms with Crippen LogP contribution in [0.2, 0.25) is 0 Å². The first-order valence-electron chi connectivity index (χ1n) is 7.89. The smallest absolute Gasteiger partial charge is 0.421 e. The van der Waals surface area contributed by atoms with E-state index in [4.69, 9.17) is 0 Å². The summed E-state index contributed by atoms with van der Waals surface area (Å²) in [5, 5.41) is 0. The van der Waals surface area contributed by atoms with E-state index in [1.807, 2.05) is 12.2 Å². The van der Waals surface area contributed by atoms with Gasteiger partial charge in [0, 0.05) is 0 Å². The van der Waals surface area contributed by atoms with Crippen LogP contribution < -0.4 is 0 Å². The topological polar surface area (TPSA) is 82.4 Å². The Balaban J connectivity index is 0. The molecule has 0 aromatic carbocycles. The summed E-state index contributed by atoms with van der Waals surface area (Å²) in [7, 11) is -13.4. The van der Waals surface area contributed by atoms with Crippen molar-refractivity contribution in [2.45, 2.75) is 37.7 Å². The van der Waals surface area contributed by atoms with Gasteiger partial charge in [-0.3, -0.25) is 0 Å². The molecule has 0 aliphatic heterocycles. The third-order valence-electron chi connectivity index (χ3n) is 3.21. The van der Waals surface area contributed by atoms with Crippen LogP contribution >= 0.6 is 0 Å². The standard InChI is InChI=1S/C12H24N.C2F6NO4S2/c1-5-9-13(10-6-2,11-7-3)12-8-4;3-1(4,5)14(10,11)9-15(12,13)2(6,7)8/h5-6H,1-2,7-12H2,3-4H3;/q+1;-1. The Bertz CT molecular complexity index is 640. The summed E-state index contributed by atoms with van der Waals surface area (Å²) in [6.45, 7) is 16.8. The molecule has 0 fully saturated rings. The number of nitrogens with zero attached hydrogens (tertiary/aromatic N) is 2. The largest absolute Gasteiger partial charge is 0.480 e. The predicted octanol–water partition coefficient (Wildman–Crippen LogP) is 4.05. The molecule has 0 aromatic rings. The van der Waals surface area contributed by atoms with Crippen LogP contribution in [0.5, 0.6) is 0 Å². The molecule has 0 saturated carbocycles. The summed E-state index contributed by atoms with van der Waals surface area (Å²) >= 11 is 0. The van der Waals surface area contributed by atoms with Gasteiger partial charge in [-0.15, -0.1) is 0 Å². The highest BCUT2D eigenvalue weighted by Crippen LogP contribution is 2.36. The van der Waals surface area contributed by atoms with E-state index < -0.39 is 31.1 Å². The van der Waals surface area contributed by atoms with Crippen LogP contribution in [0.4, 0.5) is 26.3 Å². The first-order valence-corrected chi connectivity index (χ1v) is 10.8. The number of alkyl halides is 6. The van der Waals surface area contributed by atoms with Crippen LogP contribution in [-0.4, -0.2) is 58.5 Å². The van der Waals surface area contributed by atoms with Gasteiger partial charge in [-0.1, -0.05) is 27.0 Å². The molecule has 168 valence electrons. The second-order valence-electron chi connectivity index (χ2n) is 5.65. The number of sulfonamides is 2. The van der Waals surface area contributed by atoms with E-state index in [1.165, 1.54) is 25.9 Å². The summed E-state index contributed by atoms with van der Waals surface area (Å²) in [5.74, 6) is 0. The molecule has 0 atom stereocenters. The van der Waals surface area contributed by atoms with E-state index in [0.29, 0.717) is 0 Å². The second kappa shape index (κ2) is 11.2. The van der Waals surface area contributed by atoms with Crippen LogP contribution in [0, 0.1) is 0 Å². The van der Waals surface area contributed by atoms with E-state index in [2.05, 4.69) is 27.0 Å². The molecule has 0 radical (unpaired) electrons. The van der Waals surface area contributed by atoms with Gasteiger partial charge >= 0.3 is 11.0 Å². The van der Waals surface area contributed by atoms with Crippen LogP contribution in [0.1, 0.15) is 26.7 Å². The van der Waals surface area contributed by atoms with Crippen LogP contribution in [0.15, 0.2) is 25.3 Å². The molecule has 0 rings (SSSR count). The van der Waals surface area contributed by atoms with Crippen molar-refractivity contribution in [3.05, 3.63) is 29.4 Å². The van der Waals surface area contributed by atoms with Gasteiger partial charge in [-0.05, 0) is 25.0 Å². The molecule has 0 unspecified atom stereocenters. The Morgan fingerprint density at radius 3 is 1.25 bits per heavy atom. The molecule has 14 heteroatoms. The first kappa shape index (κ1) is 29.1. The monoisotopic (exact) mass is 462 g/mol. The Morgan fingerprint density at radius 2 is 1.07 bits per heavy atom. The van der Waals surface area contributed by atoms with Crippen molar-refractivity contribution in [2.24, 2.45) is 0 Å². The summed E-state index contributed by atoms with van der Waals surface area (Å²) < 4.78 is 110. The lowest BCUT2D eigenvalue weighted by Crippen LogP contribution is -2.49. The minimum atomic E-state index is -6.72. The highest BCUT2D eigenvalue weighted by Gasteiger charge is 2.46. The van der Waals surface area contributed by atoms with Crippen LogP contribution in [0.3, 0.4) is 0 Å². The molecule has 0 N–H and O–H groups in total. The molecule has 0 aliphatic rings. The molecule has 0 saturated heterocycles. The van der Waals surface area contributed by atoms with Crippen molar-refractivity contribution in [3.63, 3.8) is 0 Å². The normalized spacial score (nSPS) is 13.4. The molecular formula is C14H24F6N2O4S2. The fourth-order valence-electron chi connectivity index (χ4n) is 2.26. The molecule has 0 aliphatic carbocycles. The van der Waals surface area contributed by atoms with Gasteiger partial charge in [0.25, 0.3) is 0 Å². The molecule has 0 heterocycles. The summed E-state index contributed by atoms with van der Waals surface area (Å²) in [6.07, 6.45) is 6.55. The van der Waals surface area contributed by atoms with Gasteiger partial charge in [0.15, 0.2) is 20.0 Å². The third kappa shape index (κ3) is 9.39. The maximum atomic E-state index is 11.4. The highest BCUT2D eigenvalue weighted by molar-refractivity contribution is 8.13. The Kier molecular flexibility index (Phi) is 11.6. The maximum absolute atomic E-state index is 11.4. The number of rotatable bonds is 10. The quantitative estimate of drug-likeness (QED) is 0.279. The van der Waals surface area contributed by atoms with Gasteiger partial charge in [0.2, 0.25) is 0 Å². The number of halogens is 6. The van der Waals surface area contributed by atoms with Gasteiger partial charge in [0.05, 0.1) is 26.2 Å². The zero-order valence-electron chi connectivity index (χ0n) is 15.4. The number of hydrogen-bond acceptors (Lipinski definition) is 4. The van der Waals surface area contributed by atoms with Crippen LogP contribution in [-0.2, 0) is 20.0 Å². The highest BCUT2D eigenvalue weighted by atomic mass is 32.3. The molecule has 0 aromatic heterocycles. The van der Waals surface area contributed by atoms with E-state index in [1.54, 1.807) is 0 Å². The Morgan fingerprint density at radius 1 is 0.786 bits per heavy atom. The average molecular weight is 462 g/mol. The minimum absolute atomic E-state index is 0.778. The molecule has 0 amide bonds. The predicted molar refractivity (Wildman–Crippen MR) is 94.0 cm³/mol. The van der Waals surface area contributed by atoms with Crippen molar-refractivity contribution >= 4 is 20.0 Å². The SMILES string of the molecule is C=CC[N+](CC=C)(CCC)CCC.O=S(=O)([N-]S(=O)(=O)C(F)(F)F)C(F)(F)F. The summed E-state index contributed by atoms with van der Waals surface area (Å²) in [4.78, 5) is 0. The lowest BCUT2D eigenvalue weighted by atomic mass is 10.2. The van der Waals surface area contributed by atoms with E-state index in [-0.39, 0.29) is 0 Å². The molecule has 0 bridgehead atoms. The van der Waals surface area contributed by atoms with E-state index >= 15 is 0 Å². The molecule has 28 heavy (non-hydrogen) atoms. The molecular weight excluding hydrogens is 438 g/mol. The Hall–Kier alpha value is -1.12. The van der Waals surface area contributed by atoms with Crippen molar-refractivity contribution < 1.29 is 47.7 Å². The number of hydrogen-bond donors (Lipinski definition) is 0. The van der Waals surface area contributed by atoms with Gasteiger partial charge < -0.3 is 8.61 Å². The molecule has 6 nitrogen and oxygen atoms in total.